The van der Waals surface area contributed by atoms with Crippen molar-refractivity contribution in [3.05, 3.63) is 94.2 Å². The summed E-state index contributed by atoms with van der Waals surface area (Å²) in [7, 11) is 0. The fourth-order valence-electron chi connectivity index (χ4n) is 3.94. The first kappa shape index (κ1) is 21.0. The van der Waals surface area contributed by atoms with E-state index in [4.69, 9.17) is 9.47 Å². The van der Waals surface area contributed by atoms with Crippen LogP contribution in [0.1, 0.15) is 29.5 Å². The molecule has 4 rings (SSSR count). The van der Waals surface area contributed by atoms with Crippen molar-refractivity contribution in [3.8, 4) is 5.75 Å². The van der Waals surface area contributed by atoms with Crippen LogP contribution < -0.4 is 10.1 Å². The van der Waals surface area contributed by atoms with Gasteiger partial charge in [-0.3, -0.25) is 4.98 Å². The second kappa shape index (κ2) is 10.2. The third kappa shape index (κ3) is 5.48. The normalized spacial score (nSPS) is 15.6. The van der Waals surface area contributed by atoms with E-state index in [2.05, 4.69) is 62.6 Å². The van der Waals surface area contributed by atoms with Crippen molar-refractivity contribution in [2.75, 3.05) is 19.8 Å². The molecule has 0 unspecified atom stereocenters. The lowest BCUT2D eigenvalue weighted by molar-refractivity contribution is 0.0497. The first-order chi connectivity index (χ1) is 14.7. The number of nitrogens with zero attached hydrogens (tertiary/aromatic N) is 1. The second-order valence-corrected chi connectivity index (χ2v) is 8.71. The molecule has 30 heavy (non-hydrogen) atoms. The number of nitrogens with one attached hydrogen (secondary N) is 1. The Hall–Kier alpha value is -2.21. The van der Waals surface area contributed by atoms with Gasteiger partial charge >= 0.3 is 0 Å². The first-order valence-corrected chi connectivity index (χ1v) is 11.2. The Labute approximate surface area is 186 Å². The molecule has 4 nitrogen and oxygen atoms in total. The fraction of sp³-hybridized carbons (Fsp3) is 0.320. The third-order valence-electron chi connectivity index (χ3n) is 5.76. The molecule has 0 amide bonds. The van der Waals surface area contributed by atoms with Gasteiger partial charge < -0.3 is 14.8 Å². The Bertz CT molecular complexity index is 925. The number of halogens is 1. The summed E-state index contributed by atoms with van der Waals surface area (Å²) in [5, 5.41) is 3.69. The van der Waals surface area contributed by atoms with Crippen molar-refractivity contribution in [3.63, 3.8) is 0 Å². The molecule has 1 aliphatic rings. The Morgan fingerprint density at radius 1 is 0.967 bits per heavy atom. The van der Waals surface area contributed by atoms with Crippen LogP contribution in [0.5, 0.6) is 5.75 Å². The van der Waals surface area contributed by atoms with Crippen molar-refractivity contribution in [2.24, 2.45) is 0 Å². The van der Waals surface area contributed by atoms with Gasteiger partial charge in [0.15, 0.2) is 0 Å². The van der Waals surface area contributed by atoms with Crippen LogP contribution in [0.25, 0.3) is 0 Å². The molecule has 3 aromatic rings. The Morgan fingerprint density at radius 2 is 1.73 bits per heavy atom. The van der Waals surface area contributed by atoms with Crippen LogP contribution in [-0.2, 0) is 23.3 Å². The minimum atomic E-state index is 0.121. The number of aromatic nitrogens is 1. The molecule has 1 fully saturated rings. The summed E-state index contributed by atoms with van der Waals surface area (Å²) >= 11 is 3.63. The molecule has 5 heteroatoms. The maximum Gasteiger partial charge on any atom is 0.119 e. The molecule has 0 saturated carbocycles. The van der Waals surface area contributed by atoms with E-state index < -0.39 is 0 Å². The zero-order valence-electron chi connectivity index (χ0n) is 17.0. The van der Waals surface area contributed by atoms with Crippen molar-refractivity contribution in [1.29, 1.82) is 0 Å². The summed E-state index contributed by atoms with van der Waals surface area (Å²) in [5.41, 5.74) is 3.87. The zero-order chi connectivity index (χ0) is 20.7. The Kier molecular flexibility index (Phi) is 7.16. The number of ether oxygens (including phenoxy) is 2. The molecule has 1 aliphatic heterocycles. The lowest BCUT2D eigenvalue weighted by Crippen LogP contribution is -2.42. The molecule has 1 saturated heterocycles. The van der Waals surface area contributed by atoms with Gasteiger partial charge in [-0.15, -0.1) is 0 Å². The van der Waals surface area contributed by atoms with Crippen molar-refractivity contribution < 1.29 is 9.47 Å². The van der Waals surface area contributed by atoms with Gasteiger partial charge in [-0.2, -0.15) is 0 Å². The SMILES string of the molecule is Brc1cccc(C2(CNCc3ccc(OCc4ccncc4)cc3)CCOCC2)c1. The first-order valence-electron chi connectivity index (χ1n) is 10.4. The van der Waals surface area contributed by atoms with E-state index >= 15 is 0 Å². The third-order valence-corrected chi connectivity index (χ3v) is 6.25. The Morgan fingerprint density at radius 3 is 2.47 bits per heavy atom. The topological polar surface area (TPSA) is 43.4 Å². The largest absolute Gasteiger partial charge is 0.489 e. The van der Waals surface area contributed by atoms with Crippen LogP contribution in [0.2, 0.25) is 0 Å². The standard InChI is InChI=1S/C25H27BrN2O2/c26-23-3-1-2-22(16-23)25(10-14-29-15-11-25)19-28-17-20-4-6-24(7-5-20)30-18-21-8-12-27-13-9-21/h1-9,12-13,16,28H,10-11,14-15,17-19H2. The molecular formula is C25H27BrN2O2. The van der Waals surface area contributed by atoms with E-state index in [0.29, 0.717) is 6.61 Å². The van der Waals surface area contributed by atoms with Gasteiger partial charge in [-0.05, 0) is 65.9 Å². The zero-order valence-corrected chi connectivity index (χ0v) is 18.6. The number of hydrogen-bond acceptors (Lipinski definition) is 4. The van der Waals surface area contributed by atoms with Crippen LogP contribution >= 0.6 is 15.9 Å². The number of hydrogen-bond donors (Lipinski definition) is 1. The monoisotopic (exact) mass is 466 g/mol. The highest BCUT2D eigenvalue weighted by Crippen LogP contribution is 2.35. The van der Waals surface area contributed by atoms with Crippen molar-refractivity contribution in [1.82, 2.24) is 10.3 Å². The summed E-state index contributed by atoms with van der Waals surface area (Å²) in [6, 6.07) is 21.0. The number of rotatable bonds is 8. The van der Waals surface area contributed by atoms with E-state index in [1.54, 1.807) is 12.4 Å². The average Bonchev–Trinajstić information content (AvgIpc) is 2.80. The minimum absolute atomic E-state index is 0.121. The van der Waals surface area contributed by atoms with Crippen LogP contribution in [0.3, 0.4) is 0 Å². The van der Waals surface area contributed by atoms with Gasteiger partial charge in [0.25, 0.3) is 0 Å². The van der Waals surface area contributed by atoms with Crippen LogP contribution in [-0.4, -0.2) is 24.7 Å². The molecule has 2 heterocycles. The summed E-state index contributed by atoms with van der Waals surface area (Å²) in [5.74, 6) is 0.880. The molecule has 1 N–H and O–H groups in total. The van der Waals surface area contributed by atoms with Gasteiger partial charge in [-0.1, -0.05) is 40.2 Å². The molecule has 0 radical (unpaired) electrons. The maximum atomic E-state index is 5.87. The smallest absolute Gasteiger partial charge is 0.119 e. The molecule has 0 atom stereocenters. The van der Waals surface area contributed by atoms with Gasteiger partial charge in [0.1, 0.15) is 12.4 Å². The summed E-state index contributed by atoms with van der Waals surface area (Å²) in [6.07, 6.45) is 5.65. The van der Waals surface area contributed by atoms with E-state index in [9.17, 15) is 0 Å². The predicted molar refractivity (Wildman–Crippen MR) is 123 cm³/mol. The quantitative estimate of drug-likeness (QED) is 0.491. The molecule has 156 valence electrons. The van der Waals surface area contributed by atoms with Crippen molar-refractivity contribution in [2.45, 2.75) is 31.4 Å². The van der Waals surface area contributed by atoms with Crippen molar-refractivity contribution >= 4 is 15.9 Å². The molecule has 0 aliphatic carbocycles. The van der Waals surface area contributed by atoms with Gasteiger partial charge in [-0.25, -0.2) is 0 Å². The number of benzene rings is 2. The summed E-state index contributed by atoms with van der Waals surface area (Å²) in [4.78, 5) is 4.03. The van der Waals surface area contributed by atoms with E-state index in [1.807, 2.05) is 24.3 Å². The number of pyridine rings is 1. The lowest BCUT2D eigenvalue weighted by Gasteiger charge is -2.38. The van der Waals surface area contributed by atoms with Gasteiger partial charge in [0.05, 0.1) is 0 Å². The highest BCUT2D eigenvalue weighted by molar-refractivity contribution is 9.10. The Balaban J connectivity index is 1.33. The van der Waals surface area contributed by atoms with Crippen LogP contribution in [0.4, 0.5) is 0 Å². The molecular weight excluding hydrogens is 440 g/mol. The molecule has 0 bridgehead atoms. The summed E-state index contributed by atoms with van der Waals surface area (Å²) in [6.45, 7) is 3.96. The van der Waals surface area contributed by atoms with E-state index in [1.165, 1.54) is 11.1 Å². The second-order valence-electron chi connectivity index (χ2n) is 7.79. The molecule has 2 aromatic carbocycles. The highest BCUT2D eigenvalue weighted by atomic mass is 79.9. The highest BCUT2D eigenvalue weighted by Gasteiger charge is 2.34. The van der Waals surface area contributed by atoms with Gasteiger partial charge in [0, 0.05) is 48.6 Å². The summed E-state index contributed by atoms with van der Waals surface area (Å²) < 4.78 is 12.7. The van der Waals surface area contributed by atoms with E-state index in [0.717, 1.165) is 54.9 Å². The van der Waals surface area contributed by atoms with Crippen LogP contribution in [0, 0.1) is 0 Å². The average molecular weight is 467 g/mol. The molecule has 0 spiro atoms. The minimum Gasteiger partial charge on any atom is -0.489 e. The predicted octanol–water partition coefficient (Wildman–Crippen LogP) is 5.26. The van der Waals surface area contributed by atoms with Gasteiger partial charge in [0.2, 0.25) is 0 Å². The van der Waals surface area contributed by atoms with Crippen LogP contribution in [0.15, 0.2) is 77.5 Å². The fourth-order valence-corrected chi connectivity index (χ4v) is 4.34. The maximum absolute atomic E-state index is 5.87. The lowest BCUT2D eigenvalue weighted by atomic mass is 9.74. The molecule has 1 aromatic heterocycles. The van der Waals surface area contributed by atoms with E-state index in [-0.39, 0.29) is 5.41 Å².